The second-order valence-corrected chi connectivity index (χ2v) is 5.55. The predicted molar refractivity (Wildman–Crippen MR) is 72.4 cm³/mol. The van der Waals surface area contributed by atoms with Gasteiger partial charge in [0.05, 0.1) is 5.56 Å². The predicted octanol–water partition coefficient (Wildman–Crippen LogP) is 2.88. The molecular formula is C13H18ClN3O. The molecule has 1 aliphatic carbocycles. The fourth-order valence-electron chi connectivity index (χ4n) is 2.04. The van der Waals surface area contributed by atoms with Crippen LogP contribution in [0, 0.1) is 12.8 Å². The molecule has 0 radical (unpaired) electrons. The molecule has 2 rings (SSSR count). The monoisotopic (exact) mass is 267 g/mol. The van der Waals surface area contributed by atoms with Crippen molar-refractivity contribution < 1.29 is 4.79 Å². The van der Waals surface area contributed by atoms with Gasteiger partial charge < -0.3 is 4.90 Å². The minimum absolute atomic E-state index is 0.252. The molecule has 18 heavy (non-hydrogen) atoms. The van der Waals surface area contributed by atoms with Gasteiger partial charge in [0.1, 0.15) is 16.8 Å². The average Bonchev–Trinajstić information content (AvgIpc) is 3.08. The molecule has 4 nitrogen and oxygen atoms in total. The van der Waals surface area contributed by atoms with E-state index in [0.717, 1.165) is 25.7 Å². The van der Waals surface area contributed by atoms with Crippen LogP contribution in [0.1, 0.15) is 42.9 Å². The zero-order valence-corrected chi connectivity index (χ0v) is 11.7. The molecule has 0 spiro atoms. The van der Waals surface area contributed by atoms with Gasteiger partial charge >= 0.3 is 0 Å². The molecule has 0 bridgehead atoms. The summed E-state index contributed by atoms with van der Waals surface area (Å²) in [4.78, 5) is 21.9. The zero-order chi connectivity index (χ0) is 13.3. The molecule has 1 saturated carbocycles. The van der Waals surface area contributed by atoms with Gasteiger partial charge in [-0.15, -0.1) is 0 Å². The Morgan fingerprint density at radius 1 is 1.44 bits per heavy atom. The lowest BCUT2D eigenvalue weighted by atomic mass is 10.2. The van der Waals surface area contributed by atoms with Gasteiger partial charge in [0.15, 0.2) is 6.29 Å². The van der Waals surface area contributed by atoms with Crippen molar-refractivity contribution in [1.29, 1.82) is 0 Å². The van der Waals surface area contributed by atoms with E-state index in [0.29, 0.717) is 29.2 Å². The first-order valence-electron chi connectivity index (χ1n) is 6.29. The Labute approximate surface area is 112 Å². The van der Waals surface area contributed by atoms with E-state index in [4.69, 9.17) is 11.6 Å². The molecule has 1 aromatic rings. The van der Waals surface area contributed by atoms with E-state index >= 15 is 0 Å². The number of aryl methyl sites for hydroxylation is 1. The van der Waals surface area contributed by atoms with Crippen molar-refractivity contribution in [2.24, 2.45) is 5.92 Å². The summed E-state index contributed by atoms with van der Waals surface area (Å²) < 4.78 is 0. The van der Waals surface area contributed by atoms with Gasteiger partial charge in [-0.1, -0.05) is 25.4 Å². The maximum atomic E-state index is 11.2. The second-order valence-electron chi connectivity index (χ2n) is 5.19. The van der Waals surface area contributed by atoms with Crippen LogP contribution in [0.25, 0.3) is 0 Å². The number of nitrogens with zero attached hydrogens (tertiary/aromatic N) is 3. The first kappa shape index (κ1) is 13.3. The fourth-order valence-corrected chi connectivity index (χ4v) is 2.29. The summed E-state index contributed by atoms with van der Waals surface area (Å²) >= 11 is 6.03. The van der Waals surface area contributed by atoms with Crippen molar-refractivity contribution >= 4 is 23.7 Å². The summed E-state index contributed by atoms with van der Waals surface area (Å²) in [6, 6.07) is 0.497. The van der Waals surface area contributed by atoms with E-state index in [1.165, 1.54) is 0 Å². The van der Waals surface area contributed by atoms with E-state index < -0.39 is 0 Å². The summed E-state index contributed by atoms with van der Waals surface area (Å²) in [7, 11) is 0. The Kier molecular flexibility index (Phi) is 3.85. The Balaban J connectivity index is 2.42. The highest BCUT2D eigenvalue weighted by molar-refractivity contribution is 6.32. The minimum Gasteiger partial charge on any atom is -0.353 e. The van der Waals surface area contributed by atoms with Gasteiger partial charge in [0, 0.05) is 12.6 Å². The molecule has 0 saturated heterocycles. The lowest BCUT2D eigenvalue weighted by molar-refractivity contribution is 0.112. The van der Waals surface area contributed by atoms with Gasteiger partial charge in [0.2, 0.25) is 0 Å². The van der Waals surface area contributed by atoms with Crippen molar-refractivity contribution in [2.75, 3.05) is 11.4 Å². The van der Waals surface area contributed by atoms with Gasteiger partial charge in [-0.3, -0.25) is 4.79 Å². The van der Waals surface area contributed by atoms with Crippen molar-refractivity contribution in [3.05, 3.63) is 16.5 Å². The molecule has 0 N–H and O–H groups in total. The van der Waals surface area contributed by atoms with Gasteiger partial charge in [-0.05, 0) is 25.7 Å². The summed E-state index contributed by atoms with van der Waals surface area (Å²) in [6.45, 7) is 7.00. The van der Waals surface area contributed by atoms with Crippen molar-refractivity contribution in [3.8, 4) is 0 Å². The highest BCUT2D eigenvalue weighted by Gasteiger charge is 2.32. The Morgan fingerprint density at radius 3 is 2.61 bits per heavy atom. The van der Waals surface area contributed by atoms with Gasteiger partial charge in [0.25, 0.3) is 0 Å². The van der Waals surface area contributed by atoms with E-state index in [-0.39, 0.29) is 5.15 Å². The van der Waals surface area contributed by atoms with E-state index in [1.54, 1.807) is 6.92 Å². The number of hydrogen-bond acceptors (Lipinski definition) is 4. The van der Waals surface area contributed by atoms with Crippen LogP contribution in [0.3, 0.4) is 0 Å². The Hall–Kier alpha value is -1.16. The lowest BCUT2D eigenvalue weighted by Crippen LogP contribution is -2.32. The quantitative estimate of drug-likeness (QED) is 0.608. The average molecular weight is 268 g/mol. The van der Waals surface area contributed by atoms with Crippen LogP contribution >= 0.6 is 11.6 Å². The standard InChI is InChI=1S/C13H18ClN3O/c1-8(2)6-17(10-4-5-10)13-11(7-18)12(14)15-9(3)16-13/h7-8,10H,4-6H2,1-3H3. The number of rotatable bonds is 5. The summed E-state index contributed by atoms with van der Waals surface area (Å²) in [5.41, 5.74) is 0.412. The van der Waals surface area contributed by atoms with Gasteiger partial charge in [-0.25, -0.2) is 9.97 Å². The number of anilines is 1. The third-order valence-electron chi connectivity index (χ3n) is 2.93. The number of carbonyl (C=O) groups is 1. The maximum absolute atomic E-state index is 11.2. The normalized spacial score (nSPS) is 14.9. The highest BCUT2D eigenvalue weighted by atomic mass is 35.5. The van der Waals surface area contributed by atoms with Crippen molar-refractivity contribution in [2.45, 2.75) is 39.7 Å². The summed E-state index contributed by atoms with van der Waals surface area (Å²) in [5, 5.41) is 0.252. The van der Waals surface area contributed by atoms with Crippen LogP contribution < -0.4 is 4.90 Å². The summed E-state index contributed by atoms with van der Waals surface area (Å²) in [6.07, 6.45) is 3.07. The lowest BCUT2D eigenvalue weighted by Gasteiger charge is -2.27. The molecule has 0 aromatic carbocycles. The molecule has 0 atom stereocenters. The maximum Gasteiger partial charge on any atom is 0.156 e. The van der Waals surface area contributed by atoms with Crippen LogP contribution in [0.2, 0.25) is 5.15 Å². The second kappa shape index (κ2) is 5.22. The van der Waals surface area contributed by atoms with Gasteiger partial charge in [-0.2, -0.15) is 0 Å². The van der Waals surface area contributed by atoms with Crippen LogP contribution in [0.5, 0.6) is 0 Å². The first-order valence-corrected chi connectivity index (χ1v) is 6.66. The van der Waals surface area contributed by atoms with E-state index in [2.05, 4.69) is 28.7 Å². The number of halogens is 1. The molecule has 1 fully saturated rings. The molecule has 1 heterocycles. The van der Waals surface area contributed by atoms with E-state index in [1.807, 2.05) is 0 Å². The molecule has 98 valence electrons. The fraction of sp³-hybridized carbons (Fsp3) is 0.615. The van der Waals surface area contributed by atoms with Crippen LogP contribution in [-0.2, 0) is 0 Å². The van der Waals surface area contributed by atoms with E-state index in [9.17, 15) is 4.79 Å². The number of carbonyl (C=O) groups excluding carboxylic acids is 1. The molecule has 1 aliphatic rings. The van der Waals surface area contributed by atoms with Crippen LogP contribution in [-0.4, -0.2) is 28.8 Å². The largest absolute Gasteiger partial charge is 0.353 e. The first-order chi connectivity index (χ1) is 8.52. The third kappa shape index (κ3) is 2.80. The molecule has 0 unspecified atom stereocenters. The van der Waals surface area contributed by atoms with Crippen LogP contribution in [0.4, 0.5) is 5.82 Å². The minimum atomic E-state index is 0.252. The Bertz CT molecular complexity index is 458. The molecule has 5 heteroatoms. The summed E-state index contributed by atoms with van der Waals surface area (Å²) in [5.74, 6) is 1.81. The SMILES string of the molecule is Cc1nc(Cl)c(C=O)c(N(CC(C)C)C2CC2)n1. The molecule has 1 aromatic heterocycles. The molecular weight excluding hydrogens is 250 g/mol. The smallest absolute Gasteiger partial charge is 0.156 e. The molecule has 0 aliphatic heterocycles. The zero-order valence-electron chi connectivity index (χ0n) is 11.0. The van der Waals surface area contributed by atoms with Crippen molar-refractivity contribution in [3.63, 3.8) is 0 Å². The number of hydrogen-bond donors (Lipinski definition) is 0. The van der Waals surface area contributed by atoms with Crippen LogP contribution in [0.15, 0.2) is 0 Å². The number of aromatic nitrogens is 2. The highest BCUT2D eigenvalue weighted by Crippen LogP contribution is 2.34. The Morgan fingerprint density at radius 2 is 2.11 bits per heavy atom. The topological polar surface area (TPSA) is 46.1 Å². The molecule has 0 amide bonds. The number of aldehydes is 1. The van der Waals surface area contributed by atoms with Crippen molar-refractivity contribution in [1.82, 2.24) is 9.97 Å². The third-order valence-corrected chi connectivity index (χ3v) is 3.22.